The number of rotatable bonds is 3. The number of carboxylic acid groups (broad SMARTS) is 1. The molecule has 1 aliphatic rings. The molecule has 0 unspecified atom stereocenters. The summed E-state index contributed by atoms with van der Waals surface area (Å²) in [5, 5.41) is 18.3. The minimum Gasteiger partial charge on any atom is -0.508 e. The number of carbonyl (C=O) groups is 2. The maximum atomic E-state index is 11.4. The SMILES string of the molecule is O=C(O)[C@H]1CN(Cc2ccccc2O)C(=O)O1. The fourth-order valence-electron chi connectivity index (χ4n) is 1.62. The number of amides is 1. The van der Waals surface area contributed by atoms with Crippen LogP contribution in [0.4, 0.5) is 4.79 Å². The van der Waals surface area contributed by atoms with Gasteiger partial charge in [0.15, 0.2) is 0 Å². The Labute approximate surface area is 97.0 Å². The lowest BCUT2D eigenvalue weighted by molar-refractivity contribution is -0.144. The van der Waals surface area contributed by atoms with Crippen LogP contribution in [-0.2, 0) is 16.1 Å². The number of nitrogens with zero attached hydrogens (tertiary/aromatic N) is 1. The summed E-state index contributed by atoms with van der Waals surface area (Å²) >= 11 is 0. The molecule has 1 fully saturated rings. The topological polar surface area (TPSA) is 87.1 Å². The summed E-state index contributed by atoms with van der Waals surface area (Å²) < 4.78 is 4.65. The van der Waals surface area contributed by atoms with E-state index in [-0.39, 0.29) is 18.8 Å². The van der Waals surface area contributed by atoms with Crippen LogP contribution in [-0.4, -0.2) is 39.8 Å². The molecule has 1 amide bonds. The first-order valence-corrected chi connectivity index (χ1v) is 5.03. The average Bonchev–Trinajstić information content (AvgIpc) is 2.64. The van der Waals surface area contributed by atoms with Gasteiger partial charge in [0.05, 0.1) is 13.1 Å². The van der Waals surface area contributed by atoms with E-state index in [0.29, 0.717) is 5.56 Å². The van der Waals surface area contributed by atoms with Crippen molar-refractivity contribution in [3.63, 3.8) is 0 Å². The first kappa shape index (κ1) is 11.3. The standard InChI is InChI=1S/C11H11NO5/c13-8-4-2-1-3-7(8)5-12-6-9(10(14)15)17-11(12)16/h1-4,9,13H,5-6H2,(H,14,15)/t9-/m1/s1. The average molecular weight is 237 g/mol. The molecular formula is C11H11NO5. The van der Waals surface area contributed by atoms with E-state index < -0.39 is 18.2 Å². The van der Waals surface area contributed by atoms with E-state index in [9.17, 15) is 14.7 Å². The second-order valence-electron chi connectivity index (χ2n) is 3.72. The summed E-state index contributed by atoms with van der Waals surface area (Å²) in [6.45, 7) is 0.123. The van der Waals surface area contributed by atoms with Crippen molar-refractivity contribution < 1.29 is 24.5 Å². The molecule has 0 saturated carbocycles. The van der Waals surface area contributed by atoms with Gasteiger partial charge in [0, 0.05) is 5.56 Å². The molecule has 0 aliphatic carbocycles. The van der Waals surface area contributed by atoms with Crippen LogP contribution in [0, 0.1) is 0 Å². The second-order valence-corrected chi connectivity index (χ2v) is 3.72. The van der Waals surface area contributed by atoms with E-state index in [2.05, 4.69) is 4.74 Å². The Morgan fingerprint density at radius 1 is 1.47 bits per heavy atom. The van der Waals surface area contributed by atoms with Crippen LogP contribution in [0.3, 0.4) is 0 Å². The third kappa shape index (κ3) is 2.30. The Balaban J connectivity index is 2.08. The van der Waals surface area contributed by atoms with Crippen LogP contribution in [0.5, 0.6) is 5.75 Å². The number of carboxylic acids is 1. The summed E-state index contributed by atoms with van der Waals surface area (Å²) in [5.74, 6) is -1.10. The number of aromatic hydroxyl groups is 1. The molecule has 2 rings (SSSR count). The van der Waals surface area contributed by atoms with Crippen LogP contribution in [0.15, 0.2) is 24.3 Å². The molecular weight excluding hydrogens is 226 g/mol. The van der Waals surface area contributed by atoms with Gasteiger partial charge in [-0.05, 0) is 6.07 Å². The minimum absolute atomic E-state index is 0.0114. The summed E-state index contributed by atoms with van der Waals surface area (Å²) in [6.07, 6.45) is -1.81. The van der Waals surface area contributed by atoms with Crippen molar-refractivity contribution in [3.8, 4) is 5.75 Å². The summed E-state index contributed by atoms with van der Waals surface area (Å²) in [4.78, 5) is 23.3. The summed E-state index contributed by atoms with van der Waals surface area (Å²) in [5.41, 5.74) is 0.551. The number of para-hydroxylation sites is 1. The zero-order chi connectivity index (χ0) is 12.4. The predicted octanol–water partition coefficient (Wildman–Crippen LogP) is 0.798. The molecule has 1 saturated heterocycles. The smallest absolute Gasteiger partial charge is 0.411 e. The zero-order valence-electron chi connectivity index (χ0n) is 8.87. The third-order valence-corrected chi connectivity index (χ3v) is 2.52. The number of carbonyl (C=O) groups excluding carboxylic acids is 1. The predicted molar refractivity (Wildman–Crippen MR) is 56.4 cm³/mol. The van der Waals surface area contributed by atoms with Crippen molar-refractivity contribution in [3.05, 3.63) is 29.8 Å². The second kappa shape index (κ2) is 4.32. The molecule has 0 bridgehead atoms. The molecule has 0 aromatic heterocycles. The van der Waals surface area contributed by atoms with Crippen molar-refractivity contribution in [2.45, 2.75) is 12.6 Å². The molecule has 0 spiro atoms. The zero-order valence-corrected chi connectivity index (χ0v) is 8.87. The van der Waals surface area contributed by atoms with Crippen LogP contribution < -0.4 is 0 Å². The lowest BCUT2D eigenvalue weighted by Crippen LogP contribution is -2.27. The van der Waals surface area contributed by atoms with Gasteiger partial charge in [0.25, 0.3) is 0 Å². The van der Waals surface area contributed by atoms with Gasteiger partial charge in [-0.15, -0.1) is 0 Å². The van der Waals surface area contributed by atoms with Gasteiger partial charge in [-0.25, -0.2) is 9.59 Å². The van der Waals surface area contributed by atoms with Gasteiger partial charge < -0.3 is 14.9 Å². The Bertz CT molecular complexity index is 459. The number of hydrogen-bond donors (Lipinski definition) is 2. The monoisotopic (exact) mass is 237 g/mol. The van der Waals surface area contributed by atoms with Gasteiger partial charge in [-0.2, -0.15) is 0 Å². The van der Waals surface area contributed by atoms with Crippen molar-refractivity contribution in [2.24, 2.45) is 0 Å². The van der Waals surface area contributed by atoms with Gasteiger partial charge in [0.1, 0.15) is 5.75 Å². The van der Waals surface area contributed by atoms with Crippen LogP contribution in [0.2, 0.25) is 0 Å². The van der Waals surface area contributed by atoms with E-state index in [0.717, 1.165) is 0 Å². The lowest BCUT2D eigenvalue weighted by atomic mass is 10.2. The number of phenolic OH excluding ortho intramolecular Hbond substituents is 1. The fourth-order valence-corrected chi connectivity index (χ4v) is 1.62. The quantitative estimate of drug-likeness (QED) is 0.811. The largest absolute Gasteiger partial charge is 0.508 e. The van der Waals surface area contributed by atoms with E-state index in [1.165, 1.54) is 11.0 Å². The van der Waals surface area contributed by atoms with Crippen LogP contribution >= 0.6 is 0 Å². The van der Waals surface area contributed by atoms with Gasteiger partial charge in [-0.1, -0.05) is 18.2 Å². The molecule has 6 nitrogen and oxygen atoms in total. The van der Waals surface area contributed by atoms with Gasteiger partial charge in [0.2, 0.25) is 6.10 Å². The molecule has 90 valence electrons. The van der Waals surface area contributed by atoms with Crippen molar-refractivity contribution in [1.29, 1.82) is 0 Å². The minimum atomic E-state index is -1.17. The molecule has 1 aromatic carbocycles. The highest BCUT2D eigenvalue weighted by Gasteiger charge is 2.36. The molecule has 1 aromatic rings. The highest BCUT2D eigenvalue weighted by Crippen LogP contribution is 2.21. The Morgan fingerprint density at radius 3 is 2.76 bits per heavy atom. The normalized spacial score (nSPS) is 19.2. The first-order valence-electron chi connectivity index (χ1n) is 5.03. The van der Waals surface area contributed by atoms with E-state index in [1.807, 2.05) is 0 Å². The molecule has 0 radical (unpaired) electrons. The number of benzene rings is 1. The number of cyclic esters (lactones) is 1. The number of hydrogen-bond acceptors (Lipinski definition) is 4. The summed E-state index contributed by atoms with van der Waals surface area (Å²) in [7, 11) is 0. The third-order valence-electron chi connectivity index (χ3n) is 2.52. The molecule has 6 heteroatoms. The van der Waals surface area contributed by atoms with Gasteiger partial charge >= 0.3 is 12.1 Å². The Hall–Kier alpha value is -2.24. The molecule has 2 N–H and O–H groups in total. The van der Waals surface area contributed by atoms with E-state index >= 15 is 0 Å². The molecule has 17 heavy (non-hydrogen) atoms. The van der Waals surface area contributed by atoms with E-state index in [1.54, 1.807) is 18.2 Å². The van der Waals surface area contributed by atoms with Crippen molar-refractivity contribution >= 4 is 12.1 Å². The van der Waals surface area contributed by atoms with Crippen molar-refractivity contribution in [2.75, 3.05) is 6.54 Å². The number of ether oxygens (including phenoxy) is 1. The molecule has 1 aliphatic heterocycles. The lowest BCUT2D eigenvalue weighted by Gasteiger charge is -2.13. The number of phenols is 1. The van der Waals surface area contributed by atoms with E-state index in [4.69, 9.17) is 5.11 Å². The maximum Gasteiger partial charge on any atom is 0.411 e. The Kier molecular flexibility index (Phi) is 2.86. The van der Waals surface area contributed by atoms with Crippen molar-refractivity contribution in [1.82, 2.24) is 4.90 Å². The Morgan fingerprint density at radius 2 is 2.18 bits per heavy atom. The molecule has 1 atom stereocenters. The number of aliphatic carboxylic acids is 1. The summed E-state index contributed by atoms with van der Waals surface area (Å²) in [6, 6.07) is 6.56. The highest BCUT2D eigenvalue weighted by atomic mass is 16.6. The fraction of sp³-hybridized carbons (Fsp3) is 0.273. The first-order chi connectivity index (χ1) is 8.08. The highest BCUT2D eigenvalue weighted by molar-refractivity contribution is 5.81. The van der Waals surface area contributed by atoms with Crippen LogP contribution in [0.25, 0.3) is 0 Å². The van der Waals surface area contributed by atoms with Crippen LogP contribution in [0.1, 0.15) is 5.56 Å². The molecule has 1 heterocycles. The maximum absolute atomic E-state index is 11.4. The van der Waals surface area contributed by atoms with Gasteiger partial charge in [-0.3, -0.25) is 4.90 Å².